The van der Waals surface area contributed by atoms with E-state index in [1.54, 1.807) is 29.4 Å². The van der Waals surface area contributed by atoms with E-state index in [1.165, 1.54) is 0 Å². The van der Waals surface area contributed by atoms with Crippen LogP contribution in [-0.2, 0) is 4.79 Å². The van der Waals surface area contributed by atoms with E-state index in [2.05, 4.69) is 4.98 Å². The van der Waals surface area contributed by atoms with Crippen LogP contribution in [0.5, 0.6) is 11.5 Å². The fraction of sp³-hybridized carbons (Fsp3) is 0.444. The molecule has 0 aliphatic carbocycles. The number of benzene rings is 1. The number of thiazole rings is 1. The van der Waals surface area contributed by atoms with Gasteiger partial charge in [0.2, 0.25) is 0 Å². The summed E-state index contributed by atoms with van der Waals surface area (Å²) in [6.07, 6.45) is 0. The molecule has 0 saturated carbocycles. The van der Waals surface area contributed by atoms with Gasteiger partial charge < -0.3 is 14.4 Å². The van der Waals surface area contributed by atoms with Crippen LogP contribution < -0.4 is 9.47 Å². The molecule has 2 rings (SSSR count). The largest absolute Gasteiger partial charge is 0.490 e. The number of ether oxygens (including phenoxy) is 2. The van der Waals surface area contributed by atoms with Crippen LogP contribution in [0.15, 0.2) is 24.3 Å². The van der Waals surface area contributed by atoms with Crippen molar-refractivity contribution >= 4 is 17.2 Å². The number of nitrogens with zero attached hydrogens (tertiary/aromatic N) is 2. The van der Waals surface area contributed by atoms with Gasteiger partial charge in [0.15, 0.2) is 18.1 Å². The Labute approximate surface area is 147 Å². The molecule has 1 aromatic carbocycles. The molecule has 0 bridgehead atoms. The lowest BCUT2D eigenvalue weighted by Crippen LogP contribution is -2.33. The Morgan fingerprint density at radius 2 is 1.88 bits per heavy atom. The number of aromatic nitrogens is 1. The second kappa shape index (κ2) is 8.15. The summed E-state index contributed by atoms with van der Waals surface area (Å²) in [5.74, 6) is 1.15. The van der Waals surface area contributed by atoms with Gasteiger partial charge in [-0.25, -0.2) is 4.98 Å². The Balaban J connectivity index is 2.00. The first-order valence-corrected chi connectivity index (χ1v) is 8.79. The molecule has 1 atom stereocenters. The highest BCUT2D eigenvalue weighted by atomic mass is 32.1. The van der Waals surface area contributed by atoms with Gasteiger partial charge in [0.05, 0.1) is 23.4 Å². The van der Waals surface area contributed by atoms with E-state index in [0.717, 1.165) is 15.6 Å². The maximum atomic E-state index is 12.5. The van der Waals surface area contributed by atoms with Crippen LogP contribution in [0.1, 0.15) is 35.5 Å². The average molecular weight is 348 g/mol. The number of rotatable bonds is 7. The highest BCUT2D eigenvalue weighted by Crippen LogP contribution is 2.29. The zero-order valence-electron chi connectivity index (χ0n) is 14.8. The maximum absolute atomic E-state index is 12.5. The van der Waals surface area contributed by atoms with Gasteiger partial charge in [-0.3, -0.25) is 4.79 Å². The van der Waals surface area contributed by atoms with E-state index in [-0.39, 0.29) is 18.6 Å². The smallest absolute Gasteiger partial charge is 0.260 e. The molecule has 1 heterocycles. The molecule has 1 amide bonds. The number of aryl methyl sites for hydroxylation is 2. The van der Waals surface area contributed by atoms with Gasteiger partial charge in [0.25, 0.3) is 5.91 Å². The van der Waals surface area contributed by atoms with Crippen molar-refractivity contribution in [3.8, 4) is 11.5 Å². The topological polar surface area (TPSA) is 51.7 Å². The van der Waals surface area contributed by atoms with Crippen LogP contribution in [-0.4, -0.2) is 36.1 Å². The van der Waals surface area contributed by atoms with Crippen molar-refractivity contribution in [2.45, 2.75) is 33.7 Å². The van der Waals surface area contributed by atoms with Crippen molar-refractivity contribution in [1.29, 1.82) is 0 Å². The first kappa shape index (κ1) is 18.3. The first-order chi connectivity index (χ1) is 11.4. The molecule has 0 fully saturated rings. The van der Waals surface area contributed by atoms with Gasteiger partial charge in [0, 0.05) is 11.9 Å². The summed E-state index contributed by atoms with van der Waals surface area (Å²) in [5, 5.41) is 1.01. The van der Waals surface area contributed by atoms with E-state index in [4.69, 9.17) is 9.47 Å². The fourth-order valence-electron chi connectivity index (χ4n) is 2.41. The predicted octanol–water partition coefficient (Wildman–Crippen LogP) is 3.76. The lowest BCUT2D eigenvalue weighted by molar-refractivity contribution is -0.133. The van der Waals surface area contributed by atoms with Crippen LogP contribution in [0.25, 0.3) is 0 Å². The maximum Gasteiger partial charge on any atom is 0.260 e. The highest BCUT2D eigenvalue weighted by molar-refractivity contribution is 7.11. The molecule has 130 valence electrons. The minimum Gasteiger partial charge on any atom is -0.490 e. The molecule has 5 nitrogen and oxygen atoms in total. The Kier molecular flexibility index (Phi) is 6.20. The molecular formula is C18H24N2O3S. The van der Waals surface area contributed by atoms with Crippen molar-refractivity contribution in [3.05, 3.63) is 39.8 Å². The molecule has 0 aliphatic heterocycles. The fourth-order valence-corrected chi connectivity index (χ4v) is 3.43. The molecule has 0 spiro atoms. The number of carbonyl (C=O) groups is 1. The summed E-state index contributed by atoms with van der Waals surface area (Å²) in [6.45, 7) is 8.39. The zero-order valence-corrected chi connectivity index (χ0v) is 15.6. The van der Waals surface area contributed by atoms with E-state index in [0.29, 0.717) is 18.1 Å². The predicted molar refractivity (Wildman–Crippen MR) is 95.9 cm³/mol. The second-order valence-electron chi connectivity index (χ2n) is 5.53. The van der Waals surface area contributed by atoms with Gasteiger partial charge in [-0.15, -0.1) is 11.3 Å². The third kappa shape index (κ3) is 4.26. The first-order valence-electron chi connectivity index (χ1n) is 7.98. The monoisotopic (exact) mass is 348 g/mol. The number of carbonyl (C=O) groups excluding carboxylic acids is 1. The highest BCUT2D eigenvalue weighted by Gasteiger charge is 2.22. The van der Waals surface area contributed by atoms with Crippen LogP contribution >= 0.6 is 11.3 Å². The minimum atomic E-state index is -0.0840. The average Bonchev–Trinajstić information content (AvgIpc) is 2.91. The van der Waals surface area contributed by atoms with Gasteiger partial charge in [0.1, 0.15) is 0 Å². The van der Waals surface area contributed by atoms with Gasteiger partial charge in [-0.05, 0) is 39.8 Å². The van der Waals surface area contributed by atoms with Crippen LogP contribution in [0.4, 0.5) is 0 Å². The van der Waals surface area contributed by atoms with E-state index in [1.807, 2.05) is 45.9 Å². The second-order valence-corrected chi connectivity index (χ2v) is 6.77. The molecule has 6 heteroatoms. The molecule has 24 heavy (non-hydrogen) atoms. The SMILES string of the molecule is CCOc1ccccc1OCC(=O)N(C)C(C)c1sc(C)nc1C. The summed E-state index contributed by atoms with van der Waals surface area (Å²) in [6, 6.07) is 7.34. The lowest BCUT2D eigenvalue weighted by atomic mass is 10.2. The van der Waals surface area contributed by atoms with Crippen molar-refractivity contribution in [1.82, 2.24) is 9.88 Å². The summed E-state index contributed by atoms with van der Waals surface area (Å²) in [4.78, 5) is 19.7. The normalized spacial score (nSPS) is 11.9. The number of likely N-dealkylation sites (N-methyl/N-ethyl adjacent to an activating group) is 1. The van der Waals surface area contributed by atoms with Crippen molar-refractivity contribution in [2.24, 2.45) is 0 Å². The molecule has 1 unspecified atom stereocenters. The van der Waals surface area contributed by atoms with E-state index in [9.17, 15) is 4.79 Å². The third-order valence-corrected chi connectivity index (χ3v) is 5.04. The molecular weight excluding hydrogens is 324 g/mol. The molecule has 0 radical (unpaired) electrons. The molecule has 2 aromatic rings. The minimum absolute atomic E-state index is 0.0260. The number of hydrogen-bond acceptors (Lipinski definition) is 5. The zero-order chi connectivity index (χ0) is 17.7. The van der Waals surface area contributed by atoms with E-state index < -0.39 is 0 Å². The van der Waals surface area contributed by atoms with Gasteiger partial charge in [-0.1, -0.05) is 12.1 Å². The summed E-state index contributed by atoms with van der Waals surface area (Å²) >= 11 is 1.63. The van der Waals surface area contributed by atoms with E-state index >= 15 is 0 Å². The summed E-state index contributed by atoms with van der Waals surface area (Å²) < 4.78 is 11.2. The van der Waals surface area contributed by atoms with Crippen LogP contribution in [0, 0.1) is 13.8 Å². The third-order valence-electron chi connectivity index (χ3n) is 3.79. The van der Waals surface area contributed by atoms with Crippen molar-refractivity contribution < 1.29 is 14.3 Å². The Morgan fingerprint density at radius 3 is 2.42 bits per heavy atom. The number of para-hydroxylation sites is 2. The standard InChI is InChI=1S/C18H24N2O3S/c1-6-22-15-9-7-8-10-16(15)23-11-17(21)20(5)13(3)18-12(2)19-14(4)24-18/h7-10,13H,6,11H2,1-5H3. The molecule has 0 aliphatic rings. The Bertz CT molecular complexity index is 699. The molecule has 0 N–H and O–H groups in total. The van der Waals surface area contributed by atoms with Crippen molar-refractivity contribution in [2.75, 3.05) is 20.3 Å². The quantitative estimate of drug-likeness (QED) is 0.764. The van der Waals surface area contributed by atoms with Crippen LogP contribution in [0.2, 0.25) is 0 Å². The van der Waals surface area contributed by atoms with Gasteiger partial charge >= 0.3 is 0 Å². The number of amides is 1. The Hall–Kier alpha value is -2.08. The molecule has 1 aromatic heterocycles. The Morgan fingerprint density at radius 1 is 1.25 bits per heavy atom. The van der Waals surface area contributed by atoms with Gasteiger partial charge in [-0.2, -0.15) is 0 Å². The summed E-state index contributed by atoms with van der Waals surface area (Å²) in [5.41, 5.74) is 0.979. The van der Waals surface area contributed by atoms with Crippen molar-refractivity contribution in [3.63, 3.8) is 0 Å². The molecule has 0 saturated heterocycles. The number of hydrogen-bond donors (Lipinski definition) is 0. The summed E-state index contributed by atoms with van der Waals surface area (Å²) in [7, 11) is 1.79. The van der Waals surface area contributed by atoms with Crippen LogP contribution in [0.3, 0.4) is 0 Å². The lowest BCUT2D eigenvalue weighted by Gasteiger charge is -2.24.